The van der Waals surface area contributed by atoms with Gasteiger partial charge in [0, 0.05) is 25.1 Å². The van der Waals surface area contributed by atoms with Crippen molar-refractivity contribution in [2.45, 2.75) is 45.1 Å². The number of nitrogens with one attached hydrogen (secondary N) is 1. The Balaban J connectivity index is 1.61. The normalized spacial score (nSPS) is 14.2. The second-order valence-electron chi connectivity index (χ2n) is 9.95. The zero-order chi connectivity index (χ0) is 26.6. The molecule has 0 atom stereocenters. The van der Waals surface area contributed by atoms with E-state index in [1.54, 1.807) is 43.5 Å². The number of rotatable bonds is 6. The highest BCUT2D eigenvalue weighted by Gasteiger charge is 2.32. The van der Waals surface area contributed by atoms with Crippen molar-refractivity contribution in [3.63, 3.8) is 0 Å². The van der Waals surface area contributed by atoms with E-state index in [1.807, 2.05) is 55.8 Å². The average molecular weight is 507 g/mol. The molecule has 9 nitrogen and oxygen atoms in total. The summed E-state index contributed by atoms with van der Waals surface area (Å²) in [6, 6.07) is 15.0. The quantitative estimate of drug-likeness (QED) is 0.490. The molecule has 1 aromatic heterocycles. The molecular formula is C28H34N4O5. The Hall–Kier alpha value is -4.01. The van der Waals surface area contributed by atoms with E-state index in [0.717, 1.165) is 11.4 Å². The first-order valence-electron chi connectivity index (χ1n) is 12.3. The van der Waals surface area contributed by atoms with Gasteiger partial charge in [0.2, 0.25) is 0 Å². The predicted molar refractivity (Wildman–Crippen MR) is 141 cm³/mol. The van der Waals surface area contributed by atoms with Gasteiger partial charge in [-0.3, -0.25) is 4.79 Å². The molecule has 0 saturated carbocycles. The van der Waals surface area contributed by atoms with Crippen molar-refractivity contribution in [2.75, 3.05) is 32.6 Å². The summed E-state index contributed by atoms with van der Waals surface area (Å²) < 4.78 is 18.1. The van der Waals surface area contributed by atoms with Gasteiger partial charge < -0.3 is 24.4 Å². The number of carbonyl (C=O) groups is 2. The molecule has 0 radical (unpaired) electrons. The molecule has 1 saturated heterocycles. The van der Waals surface area contributed by atoms with Crippen molar-refractivity contribution in [3.05, 3.63) is 66.0 Å². The van der Waals surface area contributed by atoms with Crippen LogP contribution in [0.5, 0.6) is 11.5 Å². The van der Waals surface area contributed by atoms with Crippen molar-refractivity contribution in [1.82, 2.24) is 14.7 Å². The lowest BCUT2D eigenvalue weighted by atomic mass is 9.90. The minimum Gasteiger partial charge on any atom is -0.497 e. The fourth-order valence-corrected chi connectivity index (χ4v) is 4.45. The topological polar surface area (TPSA) is 94.9 Å². The summed E-state index contributed by atoms with van der Waals surface area (Å²) >= 11 is 0. The maximum absolute atomic E-state index is 13.5. The molecular weight excluding hydrogens is 472 g/mol. The molecule has 0 unspecified atom stereocenters. The van der Waals surface area contributed by atoms with Crippen LogP contribution in [-0.2, 0) is 4.74 Å². The SMILES string of the molecule is COc1ccc(NC(=O)c2cnn(-c3ccccc3)c2C2CCN(C(=O)OC(C)(C)C)CC2)c(OC)c1. The number of nitrogens with zero attached hydrogens (tertiary/aromatic N) is 3. The van der Waals surface area contributed by atoms with Gasteiger partial charge in [-0.25, -0.2) is 9.48 Å². The Morgan fingerprint density at radius 3 is 2.32 bits per heavy atom. The number of aromatic nitrogens is 2. The molecule has 0 bridgehead atoms. The number of amides is 2. The largest absolute Gasteiger partial charge is 0.497 e. The number of benzene rings is 2. The number of likely N-dealkylation sites (tertiary alicyclic amines) is 1. The van der Waals surface area contributed by atoms with E-state index < -0.39 is 5.60 Å². The van der Waals surface area contributed by atoms with E-state index in [2.05, 4.69) is 10.4 Å². The third-order valence-electron chi connectivity index (χ3n) is 6.24. The van der Waals surface area contributed by atoms with Crippen LogP contribution >= 0.6 is 0 Å². The Morgan fingerprint density at radius 1 is 1.00 bits per heavy atom. The number of hydrogen-bond acceptors (Lipinski definition) is 6. The van der Waals surface area contributed by atoms with E-state index in [4.69, 9.17) is 14.2 Å². The molecule has 1 N–H and O–H groups in total. The van der Waals surface area contributed by atoms with Gasteiger partial charge in [-0.1, -0.05) is 18.2 Å². The number of anilines is 1. The van der Waals surface area contributed by atoms with E-state index >= 15 is 0 Å². The Labute approximate surface area is 217 Å². The number of hydrogen-bond donors (Lipinski definition) is 1. The molecule has 1 aliphatic heterocycles. The van der Waals surface area contributed by atoms with Crippen LogP contribution in [0.25, 0.3) is 5.69 Å². The summed E-state index contributed by atoms with van der Waals surface area (Å²) in [4.78, 5) is 27.8. The minimum atomic E-state index is -0.548. The van der Waals surface area contributed by atoms with Crippen LogP contribution < -0.4 is 14.8 Å². The van der Waals surface area contributed by atoms with E-state index in [1.165, 1.54) is 0 Å². The first kappa shape index (κ1) is 26.1. The van der Waals surface area contributed by atoms with Gasteiger partial charge in [0.05, 0.1) is 43.0 Å². The maximum Gasteiger partial charge on any atom is 0.410 e. The maximum atomic E-state index is 13.5. The Kier molecular flexibility index (Phi) is 7.71. The minimum absolute atomic E-state index is 0.0277. The molecule has 0 aliphatic carbocycles. The fraction of sp³-hybridized carbons (Fsp3) is 0.393. The third kappa shape index (κ3) is 6.04. The lowest BCUT2D eigenvalue weighted by Crippen LogP contribution is -2.41. The van der Waals surface area contributed by atoms with Crippen LogP contribution in [0.3, 0.4) is 0 Å². The lowest BCUT2D eigenvalue weighted by Gasteiger charge is -2.34. The zero-order valence-corrected chi connectivity index (χ0v) is 22.0. The second kappa shape index (κ2) is 10.9. The van der Waals surface area contributed by atoms with Gasteiger partial charge in [0.25, 0.3) is 5.91 Å². The molecule has 1 aliphatic rings. The fourth-order valence-electron chi connectivity index (χ4n) is 4.45. The third-order valence-corrected chi connectivity index (χ3v) is 6.24. The molecule has 1 fully saturated rings. The smallest absolute Gasteiger partial charge is 0.410 e. The highest BCUT2D eigenvalue weighted by molar-refractivity contribution is 6.06. The van der Waals surface area contributed by atoms with Gasteiger partial charge in [-0.2, -0.15) is 5.10 Å². The van der Waals surface area contributed by atoms with E-state index in [9.17, 15) is 9.59 Å². The molecule has 2 heterocycles. The second-order valence-corrected chi connectivity index (χ2v) is 9.95. The molecule has 9 heteroatoms. The standard InChI is InChI=1S/C28H34N4O5/c1-28(2,3)37-27(34)31-15-13-19(14-16-31)25-22(18-29-32(25)20-9-7-6-8-10-20)26(33)30-23-12-11-21(35-4)17-24(23)36-5/h6-12,17-19H,13-16H2,1-5H3,(H,30,33). The van der Waals surface area contributed by atoms with Crippen LogP contribution in [-0.4, -0.2) is 59.6 Å². The Morgan fingerprint density at radius 2 is 1.70 bits per heavy atom. The molecule has 2 amide bonds. The highest BCUT2D eigenvalue weighted by atomic mass is 16.6. The molecule has 37 heavy (non-hydrogen) atoms. The number of carbonyl (C=O) groups excluding carboxylic acids is 2. The van der Waals surface area contributed by atoms with E-state index in [0.29, 0.717) is 48.7 Å². The Bertz CT molecular complexity index is 1240. The van der Waals surface area contributed by atoms with Gasteiger partial charge in [0.15, 0.2) is 0 Å². The van der Waals surface area contributed by atoms with E-state index in [-0.39, 0.29) is 17.9 Å². The van der Waals surface area contributed by atoms with Gasteiger partial charge in [0.1, 0.15) is 17.1 Å². The lowest BCUT2D eigenvalue weighted by molar-refractivity contribution is 0.0203. The first-order valence-corrected chi connectivity index (χ1v) is 12.3. The van der Waals surface area contributed by atoms with Crippen molar-refractivity contribution in [3.8, 4) is 17.2 Å². The summed E-state index contributed by atoms with van der Waals surface area (Å²) in [5.41, 5.74) is 2.16. The molecule has 3 aromatic rings. The average Bonchev–Trinajstić information content (AvgIpc) is 3.34. The molecule has 2 aromatic carbocycles. The summed E-state index contributed by atoms with van der Waals surface area (Å²) in [6.45, 7) is 6.65. The van der Waals surface area contributed by atoms with Gasteiger partial charge in [-0.15, -0.1) is 0 Å². The van der Waals surface area contributed by atoms with Crippen molar-refractivity contribution >= 4 is 17.7 Å². The van der Waals surface area contributed by atoms with Crippen LogP contribution in [0, 0.1) is 0 Å². The highest BCUT2D eigenvalue weighted by Crippen LogP contribution is 2.34. The molecule has 0 spiro atoms. The van der Waals surface area contributed by atoms with Crippen LogP contribution in [0.2, 0.25) is 0 Å². The van der Waals surface area contributed by atoms with Crippen LogP contribution in [0.15, 0.2) is 54.7 Å². The summed E-state index contributed by atoms with van der Waals surface area (Å²) in [5, 5.41) is 7.56. The monoisotopic (exact) mass is 506 g/mol. The summed E-state index contributed by atoms with van der Waals surface area (Å²) in [7, 11) is 3.12. The number of methoxy groups -OCH3 is 2. The number of para-hydroxylation sites is 1. The van der Waals surface area contributed by atoms with Crippen LogP contribution in [0.4, 0.5) is 10.5 Å². The molecule has 196 valence electrons. The van der Waals surface area contributed by atoms with Gasteiger partial charge >= 0.3 is 6.09 Å². The zero-order valence-electron chi connectivity index (χ0n) is 22.0. The van der Waals surface area contributed by atoms with Crippen molar-refractivity contribution in [1.29, 1.82) is 0 Å². The predicted octanol–water partition coefficient (Wildman–Crippen LogP) is 5.26. The summed E-state index contributed by atoms with van der Waals surface area (Å²) in [6.07, 6.45) is 2.66. The number of ether oxygens (including phenoxy) is 3. The van der Waals surface area contributed by atoms with Crippen molar-refractivity contribution < 1.29 is 23.8 Å². The summed E-state index contributed by atoms with van der Waals surface area (Å²) in [5.74, 6) is 0.870. The van der Waals surface area contributed by atoms with Gasteiger partial charge in [-0.05, 0) is 57.9 Å². The van der Waals surface area contributed by atoms with Crippen molar-refractivity contribution in [2.24, 2.45) is 0 Å². The first-order chi connectivity index (χ1) is 17.7. The number of piperidine rings is 1. The van der Waals surface area contributed by atoms with Crippen LogP contribution in [0.1, 0.15) is 55.6 Å². The molecule has 4 rings (SSSR count).